The van der Waals surface area contributed by atoms with Crippen LogP contribution in [0.4, 0.5) is 0 Å². The van der Waals surface area contributed by atoms with Gasteiger partial charge in [-0.3, -0.25) is 4.98 Å². The molecule has 5 rings (SSSR count). The van der Waals surface area contributed by atoms with Crippen molar-refractivity contribution in [1.82, 2.24) is 24.8 Å². The molecule has 0 saturated carbocycles. The third-order valence-electron chi connectivity index (χ3n) is 5.13. The van der Waals surface area contributed by atoms with E-state index in [4.69, 9.17) is 9.61 Å². The van der Waals surface area contributed by atoms with Gasteiger partial charge in [-0.1, -0.05) is 48.5 Å². The van der Waals surface area contributed by atoms with Crippen LogP contribution in [0.2, 0.25) is 0 Å². The van der Waals surface area contributed by atoms with E-state index in [0.29, 0.717) is 0 Å². The molecule has 0 N–H and O–H groups in total. The predicted molar refractivity (Wildman–Crippen MR) is 111 cm³/mol. The second-order valence-corrected chi connectivity index (χ2v) is 6.96. The van der Waals surface area contributed by atoms with Gasteiger partial charge in [0.25, 0.3) is 0 Å². The molecular formula is C23H19N5O. The maximum atomic E-state index is 4.99. The van der Waals surface area contributed by atoms with E-state index < -0.39 is 0 Å². The summed E-state index contributed by atoms with van der Waals surface area (Å²) < 4.78 is 7.16. The van der Waals surface area contributed by atoms with Crippen molar-refractivity contribution in [2.24, 2.45) is 0 Å². The van der Waals surface area contributed by atoms with Crippen LogP contribution < -0.4 is 0 Å². The number of aryl methyl sites for hydroxylation is 3. The van der Waals surface area contributed by atoms with Crippen LogP contribution in [0.5, 0.6) is 0 Å². The summed E-state index contributed by atoms with van der Waals surface area (Å²) in [6.45, 7) is 2.85. The van der Waals surface area contributed by atoms with Crippen LogP contribution in [0, 0.1) is 6.92 Å². The molecule has 0 aliphatic carbocycles. The van der Waals surface area contributed by atoms with Crippen LogP contribution in [-0.4, -0.2) is 24.8 Å². The third kappa shape index (κ3) is 3.18. The average Bonchev–Trinajstić information content (AvgIpc) is 3.41. The average molecular weight is 381 g/mol. The normalized spacial score (nSPS) is 11.2. The molecule has 0 aliphatic rings. The van der Waals surface area contributed by atoms with Crippen LogP contribution in [0.25, 0.3) is 33.5 Å². The number of aromatic nitrogens is 5. The topological polar surface area (TPSA) is 69.6 Å². The number of benzene rings is 2. The summed E-state index contributed by atoms with van der Waals surface area (Å²) in [6.07, 6.45) is 4.55. The predicted octanol–water partition coefficient (Wildman–Crippen LogP) is 4.70. The SMILES string of the molecule is Cc1cccnc1CCn1cnc(-c2ccccc2)c1-c1cccc2nonc12. The maximum absolute atomic E-state index is 4.99. The van der Waals surface area contributed by atoms with Crippen molar-refractivity contribution in [3.05, 3.63) is 84.4 Å². The Morgan fingerprint density at radius 3 is 2.66 bits per heavy atom. The quantitative estimate of drug-likeness (QED) is 0.441. The number of fused-ring (bicyclic) bond motifs is 1. The molecule has 0 atom stereocenters. The number of nitrogens with zero attached hydrogens (tertiary/aromatic N) is 5. The first-order chi connectivity index (χ1) is 14.3. The van der Waals surface area contributed by atoms with Gasteiger partial charge in [-0.05, 0) is 34.9 Å². The molecule has 3 heterocycles. The van der Waals surface area contributed by atoms with Gasteiger partial charge in [0.15, 0.2) is 0 Å². The highest BCUT2D eigenvalue weighted by Gasteiger charge is 2.19. The van der Waals surface area contributed by atoms with Crippen LogP contribution in [0.1, 0.15) is 11.3 Å². The number of pyridine rings is 1. The largest absolute Gasteiger partial charge is 0.330 e. The standard InChI is InChI=1S/C23H19N5O/c1-16-7-6-13-24-19(16)12-14-28-15-25-21(17-8-3-2-4-9-17)23(28)18-10-5-11-20-22(18)27-29-26-20/h2-11,13,15H,12,14H2,1H3. The lowest BCUT2D eigenvalue weighted by Gasteiger charge is -2.11. The monoisotopic (exact) mass is 381 g/mol. The van der Waals surface area contributed by atoms with Gasteiger partial charge in [0.1, 0.15) is 11.0 Å². The molecule has 0 unspecified atom stereocenters. The molecule has 6 nitrogen and oxygen atoms in total. The van der Waals surface area contributed by atoms with E-state index >= 15 is 0 Å². The fourth-order valence-electron chi connectivity index (χ4n) is 3.65. The smallest absolute Gasteiger partial charge is 0.144 e. The summed E-state index contributed by atoms with van der Waals surface area (Å²) in [5.41, 5.74) is 7.69. The highest BCUT2D eigenvalue weighted by molar-refractivity contribution is 5.94. The van der Waals surface area contributed by atoms with Gasteiger partial charge in [-0.25, -0.2) is 9.61 Å². The first-order valence-corrected chi connectivity index (χ1v) is 9.54. The molecular weight excluding hydrogens is 362 g/mol. The highest BCUT2D eigenvalue weighted by atomic mass is 16.6. The van der Waals surface area contributed by atoms with E-state index in [9.17, 15) is 0 Å². The van der Waals surface area contributed by atoms with E-state index in [1.165, 1.54) is 5.56 Å². The Morgan fingerprint density at radius 2 is 1.79 bits per heavy atom. The van der Waals surface area contributed by atoms with Crippen LogP contribution in [-0.2, 0) is 13.0 Å². The highest BCUT2D eigenvalue weighted by Crippen LogP contribution is 2.34. The number of hydrogen-bond acceptors (Lipinski definition) is 5. The van der Waals surface area contributed by atoms with Crippen molar-refractivity contribution in [3.8, 4) is 22.5 Å². The van der Waals surface area contributed by atoms with Gasteiger partial charge in [0, 0.05) is 36.0 Å². The van der Waals surface area contributed by atoms with Crippen LogP contribution >= 0.6 is 0 Å². The molecule has 3 aromatic heterocycles. The molecule has 142 valence electrons. The van der Waals surface area contributed by atoms with Crippen LogP contribution in [0.3, 0.4) is 0 Å². The fourth-order valence-corrected chi connectivity index (χ4v) is 3.65. The van der Waals surface area contributed by atoms with Gasteiger partial charge in [0.2, 0.25) is 0 Å². The minimum absolute atomic E-state index is 0.731. The number of rotatable bonds is 5. The Balaban J connectivity index is 1.63. The zero-order valence-corrected chi connectivity index (χ0v) is 16.0. The van der Waals surface area contributed by atoms with Crippen molar-refractivity contribution in [2.75, 3.05) is 0 Å². The summed E-state index contributed by atoms with van der Waals surface area (Å²) >= 11 is 0. The summed E-state index contributed by atoms with van der Waals surface area (Å²) in [5.74, 6) is 0. The lowest BCUT2D eigenvalue weighted by molar-refractivity contribution is 0.315. The van der Waals surface area contributed by atoms with Crippen LogP contribution in [0.15, 0.2) is 77.8 Å². The first-order valence-electron chi connectivity index (χ1n) is 9.54. The Bertz CT molecular complexity index is 1270. The Labute approximate surface area is 167 Å². The van der Waals surface area contributed by atoms with Crippen molar-refractivity contribution in [1.29, 1.82) is 0 Å². The molecule has 0 spiro atoms. The van der Waals surface area contributed by atoms with E-state index in [2.05, 4.69) is 45.0 Å². The van der Waals surface area contributed by atoms with E-state index in [0.717, 1.165) is 52.2 Å². The minimum atomic E-state index is 0.731. The van der Waals surface area contributed by atoms with Crippen molar-refractivity contribution >= 4 is 11.0 Å². The lowest BCUT2D eigenvalue weighted by atomic mass is 10.0. The second kappa shape index (κ2) is 7.31. The fraction of sp³-hybridized carbons (Fsp3) is 0.130. The van der Waals surface area contributed by atoms with Crippen molar-refractivity contribution in [3.63, 3.8) is 0 Å². The maximum Gasteiger partial charge on any atom is 0.144 e. The molecule has 0 aliphatic heterocycles. The third-order valence-corrected chi connectivity index (χ3v) is 5.13. The van der Waals surface area contributed by atoms with Gasteiger partial charge < -0.3 is 4.57 Å². The molecule has 5 aromatic rings. The molecule has 2 aromatic carbocycles. The van der Waals surface area contributed by atoms with Crippen molar-refractivity contribution < 1.29 is 4.63 Å². The molecule has 0 bridgehead atoms. The Kier molecular flexibility index (Phi) is 4.37. The molecule has 0 amide bonds. The Hall–Kier alpha value is -3.80. The van der Waals surface area contributed by atoms with Gasteiger partial charge in [-0.15, -0.1) is 0 Å². The molecule has 0 radical (unpaired) electrons. The van der Waals surface area contributed by atoms with Gasteiger partial charge in [-0.2, -0.15) is 0 Å². The summed E-state index contributed by atoms with van der Waals surface area (Å²) in [4.78, 5) is 9.28. The summed E-state index contributed by atoms with van der Waals surface area (Å²) in [6, 6.07) is 20.2. The molecule has 6 heteroatoms. The van der Waals surface area contributed by atoms with E-state index in [1.807, 2.05) is 55.0 Å². The number of hydrogen-bond donors (Lipinski definition) is 0. The Morgan fingerprint density at radius 1 is 0.897 bits per heavy atom. The number of imidazole rings is 1. The van der Waals surface area contributed by atoms with Crippen molar-refractivity contribution in [2.45, 2.75) is 19.9 Å². The minimum Gasteiger partial charge on any atom is -0.330 e. The van der Waals surface area contributed by atoms with Gasteiger partial charge >= 0.3 is 0 Å². The molecule has 0 fully saturated rings. The zero-order valence-electron chi connectivity index (χ0n) is 16.0. The zero-order chi connectivity index (χ0) is 19.6. The molecule has 29 heavy (non-hydrogen) atoms. The second-order valence-electron chi connectivity index (χ2n) is 6.96. The summed E-state index contributed by atoms with van der Waals surface area (Å²) in [5, 5.41) is 8.14. The lowest BCUT2D eigenvalue weighted by Crippen LogP contribution is -2.05. The first kappa shape index (κ1) is 17.3. The van der Waals surface area contributed by atoms with Gasteiger partial charge in [0.05, 0.1) is 17.7 Å². The van der Waals surface area contributed by atoms with E-state index in [-0.39, 0.29) is 0 Å². The molecule has 0 saturated heterocycles. The summed E-state index contributed by atoms with van der Waals surface area (Å²) in [7, 11) is 0. The van der Waals surface area contributed by atoms with E-state index in [1.54, 1.807) is 0 Å².